The van der Waals surface area contributed by atoms with E-state index in [0.717, 1.165) is 23.8 Å². The molecule has 0 aromatic rings. The lowest BCUT2D eigenvalue weighted by Crippen LogP contribution is -2.42. The maximum atomic E-state index is 3.60. The molecule has 0 saturated carbocycles. The van der Waals surface area contributed by atoms with Gasteiger partial charge in [0.1, 0.15) is 0 Å². The number of piperidine rings is 1. The molecule has 1 fully saturated rings. The molecule has 0 aromatic carbocycles. The number of hydrogen-bond acceptors (Lipinski definition) is 1. The number of nitrogens with one attached hydrogen (secondary N) is 1. The second kappa shape index (κ2) is 4.27. The average Bonchev–Trinajstić information content (AvgIpc) is 2.04. The van der Waals surface area contributed by atoms with Crippen molar-refractivity contribution in [1.29, 1.82) is 0 Å². The van der Waals surface area contributed by atoms with Crippen molar-refractivity contribution in [2.75, 3.05) is 6.54 Å². The Balaban J connectivity index is 2.40. The van der Waals surface area contributed by atoms with Gasteiger partial charge in [-0.1, -0.05) is 27.7 Å². The monoisotopic (exact) mass is 169 g/mol. The molecule has 2 unspecified atom stereocenters. The van der Waals surface area contributed by atoms with Crippen LogP contribution in [0.15, 0.2) is 0 Å². The van der Waals surface area contributed by atoms with Crippen LogP contribution >= 0.6 is 0 Å². The Labute approximate surface area is 76.9 Å². The molecule has 0 bridgehead atoms. The zero-order chi connectivity index (χ0) is 9.14. The highest BCUT2D eigenvalue weighted by Gasteiger charge is 2.25. The predicted molar refractivity (Wildman–Crippen MR) is 54.2 cm³/mol. The molecule has 1 heterocycles. The average molecular weight is 169 g/mol. The molecule has 1 N–H and O–H groups in total. The summed E-state index contributed by atoms with van der Waals surface area (Å²) in [4.78, 5) is 0. The third kappa shape index (κ3) is 2.48. The van der Waals surface area contributed by atoms with Crippen LogP contribution < -0.4 is 5.32 Å². The van der Waals surface area contributed by atoms with E-state index in [0.29, 0.717) is 0 Å². The molecular weight excluding hydrogens is 146 g/mol. The molecule has 72 valence electrons. The van der Waals surface area contributed by atoms with E-state index in [2.05, 4.69) is 33.0 Å². The van der Waals surface area contributed by atoms with Crippen LogP contribution in [0.1, 0.15) is 40.5 Å². The van der Waals surface area contributed by atoms with Gasteiger partial charge in [0.05, 0.1) is 0 Å². The first-order chi connectivity index (χ1) is 5.61. The van der Waals surface area contributed by atoms with Crippen LogP contribution in [0, 0.1) is 17.8 Å². The first-order valence-electron chi connectivity index (χ1n) is 5.34. The fourth-order valence-corrected chi connectivity index (χ4v) is 2.09. The van der Waals surface area contributed by atoms with E-state index in [-0.39, 0.29) is 0 Å². The van der Waals surface area contributed by atoms with Crippen molar-refractivity contribution < 1.29 is 0 Å². The van der Waals surface area contributed by atoms with Gasteiger partial charge in [-0.3, -0.25) is 0 Å². The molecule has 0 radical (unpaired) electrons. The second-order valence-corrected chi connectivity index (χ2v) is 4.83. The summed E-state index contributed by atoms with van der Waals surface area (Å²) in [5.41, 5.74) is 0. The van der Waals surface area contributed by atoms with E-state index >= 15 is 0 Å². The molecule has 0 amide bonds. The van der Waals surface area contributed by atoms with E-state index in [1.807, 2.05) is 0 Å². The largest absolute Gasteiger partial charge is 0.314 e. The van der Waals surface area contributed by atoms with Crippen molar-refractivity contribution in [3.63, 3.8) is 0 Å². The van der Waals surface area contributed by atoms with Crippen molar-refractivity contribution in [1.82, 2.24) is 5.32 Å². The summed E-state index contributed by atoms with van der Waals surface area (Å²) in [6, 6.07) is 0.770. The first-order valence-corrected chi connectivity index (χ1v) is 5.34. The molecular formula is C11H23N. The second-order valence-electron chi connectivity index (χ2n) is 4.83. The molecule has 1 saturated heterocycles. The third-order valence-corrected chi connectivity index (χ3v) is 3.23. The van der Waals surface area contributed by atoms with Crippen molar-refractivity contribution in [3.8, 4) is 0 Å². The molecule has 1 nitrogen and oxygen atoms in total. The third-order valence-electron chi connectivity index (χ3n) is 3.23. The SMILES string of the molecule is CC(C)C1CCNC(C(C)C)C1. The predicted octanol–water partition coefficient (Wildman–Crippen LogP) is 2.67. The minimum absolute atomic E-state index is 0.770. The van der Waals surface area contributed by atoms with Crippen molar-refractivity contribution in [2.45, 2.75) is 46.6 Å². The molecule has 1 aliphatic heterocycles. The van der Waals surface area contributed by atoms with Gasteiger partial charge in [-0.2, -0.15) is 0 Å². The lowest BCUT2D eigenvalue weighted by molar-refractivity contribution is 0.211. The summed E-state index contributed by atoms with van der Waals surface area (Å²) in [6.07, 6.45) is 2.76. The molecule has 1 aliphatic rings. The van der Waals surface area contributed by atoms with E-state index in [4.69, 9.17) is 0 Å². The number of rotatable bonds is 2. The maximum Gasteiger partial charge on any atom is 0.00928 e. The summed E-state index contributed by atoms with van der Waals surface area (Å²) in [7, 11) is 0. The summed E-state index contributed by atoms with van der Waals surface area (Å²) >= 11 is 0. The van der Waals surface area contributed by atoms with Crippen LogP contribution in [0.3, 0.4) is 0 Å². The van der Waals surface area contributed by atoms with E-state index in [1.165, 1.54) is 19.4 Å². The standard InChI is InChI=1S/C11H23N/c1-8(2)10-5-6-12-11(7-10)9(3)4/h8-12H,5-7H2,1-4H3. The normalized spacial score (nSPS) is 31.5. The smallest absolute Gasteiger partial charge is 0.00928 e. The minimum Gasteiger partial charge on any atom is -0.314 e. The zero-order valence-electron chi connectivity index (χ0n) is 8.93. The Morgan fingerprint density at radius 1 is 1.08 bits per heavy atom. The molecule has 1 rings (SSSR count). The lowest BCUT2D eigenvalue weighted by Gasteiger charge is -2.34. The van der Waals surface area contributed by atoms with E-state index in [9.17, 15) is 0 Å². The molecule has 12 heavy (non-hydrogen) atoms. The minimum atomic E-state index is 0.770. The van der Waals surface area contributed by atoms with Gasteiger partial charge < -0.3 is 5.32 Å². The van der Waals surface area contributed by atoms with Crippen molar-refractivity contribution in [2.24, 2.45) is 17.8 Å². The van der Waals surface area contributed by atoms with Gasteiger partial charge in [0, 0.05) is 6.04 Å². The number of hydrogen-bond donors (Lipinski definition) is 1. The highest BCUT2D eigenvalue weighted by atomic mass is 14.9. The van der Waals surface area contributed by atoms with Crippen LogP contribution in [0.25, 0.3) is 0 Å². The Bertz CT molecular complexity index is 115. The molecule has 0 aromatic heterocycles. The van der Waals surface area contributed by atoms with Gasteiger partial charge in [-0.15, -0.1) is 0 Å². The van der Waals surface area contributed by atoms with Crippen molar-refractivity contribution in [3.05, 3.63) is 0 Å². The molecule has 2 atom stereocenters. The van der Waals surface area contributed by atoms with E-state index < -0.39 is 0 Å². The van der Waals surface area contributed by atoms with Crippen LogP contribution in [-0.4, -0.2) is 12.6 Å². The van der Waals surface area contributed by atoms with Gasteiger partial charge in [-0.05, 0) is 37.1 Å². The van der Waals surface area contributed by atoms with Gasteiger partial charge in [0.2, 0.25) is 0 Å². The van der Waals surface area contributed by atoms with Crippen molar-refractivity contribution >= 4 is 0 Å². The summed E-state index contributed by atoms with van der Waals surface area (Å²) in [5, 5.41) is 3.60. The lowest BCUT2D eigenvalue weighted by atomic mass is 9.81. The highest BCUT2D eigenvalue weighted by molar-refractivity contribution is 4.81. The Hall–Kier alpha value is -0.0400. The van der Waals surface area contributed by atoms with Gasteiger partial charge in [0.15, 0.2) is 0 Å². The van der Waals surface area contributed by atoms with Gasteiger partial charge in [0.25, 0.3) is 0 Å². The molecule has 1 heteroatoms. The van der Waals surface area contributed by atoms with E-state index in [1.54, 1.807) is 0 Å². The van der Waals surface area contributed by atoms with Crippen LogP contribution in [0.2, 0.25) is 0 Å². The quantitative estimate of drug-likeness (QED) is 0.670. The first kappa shape index (κ1) is 10.0. The van der Waals surface area contributed by atoms with Crippen LogP contribution in [-0.2, 0) is 0 Å². The fourth-order valence-electron chi connectivity index (χ4n) is 2.09. The topological polar surface area (TPSA) is 12.0 Å². The summed E-state index contributed by atoms with van der Waals surface area (Å²) in [5.74, 6) is 2.62. The van der Waals surface area contributed by atoms with Gasteiger partial charge >= 0.3 is 0 Å². The summed E-state index contributed by atoms with van der Waals surface area (Å²) < 4.78 is 0. The van der Waals surface area contributed by atoms with Crippen LogP contribution in [0.4, 0.5) is 0 Å². The maximum absolute atomic E-state index is 3.60. The molecule has 0 spiro atoms. The summed E-state index contributed by atoms with van der Waals surface area (Å²) in [6.45, 7) is 10.6. The Morgan fingerprint density at radius 2 is 1.75 bits per heavy atom. The highest BCUT2D eigenvalue weighted by Crippen LogP contribution is 2.26. The Kier molecular flexibility index (Phi) is 3.57. The fraction of sp³-hybridized carbons (Fsp3) is 1.00. The van der Waals surface area contributed by atoms with Crippen LogP contribution in [0.5, 0.6) is 0 Å². The van der Waals surface area contributed by atoms with Gasteiger partial charge in [-0.25, -0.2) is 0 Å². The Morgan fingerprint density at radius 3 is 2.25 bits per heavy atom. The molecule has 0 aliphatic carbocycles. The zero-order valence-corrected chi connectivity index (χ0v) is 8.93.